The number of nitrogens with zero attached hydrogens (tertiary/aromatic N) is 2. The molecular weight excluding hydrogens is 429 g/mol. The van der Waals surface area contributed by atoms with Gasteiger partial charge in [-0.1, -0.05) is 29.3 Å². The highest BCUT2D eigenvalue weighted by Gasteiger charge is 2.07. The topological polar surface area (TPSA) is 86.0 Å². The maximum atomic E-state index is 10.7. The minimum atomic E-state index is -0.454. The van der Waals surface area contributed by atoms with Crippen molar-refractivity contribution < 1.29 is 14.4 Å². The molecule has 0 radical (unpaired) electrons. The number of anilines is 1. The van der Waals surface area contributed by atoms with E-state index in [1.807, 2.05) is 12.1 Å². The van der Waals surface area contributed by atoms with Crippen LogP contribution < -0.4 is 14.9 Å². The maximum absolute atomic E-state index is 10.7. The Hall–Kier alpha value is -3.29. The molecule has 0 saturated heterocycles. The third-order valence-electron chi connectivity index (χ3n) is 4.05. The van der Waals surface area contributed by atoms with E-state index in [9.17, 15) is 10.1 Å². The SMILES string of the molecule is COc1ccc(C=NNc2ccc([N+](=O)[O-])cc2)cc1OCc1ccc(Cl)c(Cl)c1. The van der Waals surface area contributed by atoms with Crippen molar-refractivity contribution >= 4 is 40.8 Å². The molecule has 0 fully saturated rings. The van der Waals surface area contributed by atoms with Crippen LogP contribution in [0.2, 0.25) is 10.0 Å². The standard InChI is InChI=1S/C21H17Cl2N3O4/c1-29-20-9-3-14(12-24-25-16-4-6-17(7-5-16)26(27)28)11-21(20)30-13-15-2-8-18(22)19(23)10-15/h2-12,25H,13H2,1H3. The molecule has 0 spiro atoms. The molecule has 3 aromatic rings. The van der Waals surface area contributed by atoms with Gasteiger partial charge in [0.25, 0.3) is 5.69 Å². The van der Waals surface area contributed by atoms with Crippen LogP contribution >= 0.6 is 23.2 Å². The van der Waals surface area contributed by atoms with Crippen molar-refractivity contribution in [2.24, 2.45) is 5.10 Å². The Kier molecular flexibility index (Phi) is 7.11. The molecule has 0 aliphatic heterocycles. The molecule has 0 aliphatic carbocycles. The first-order chi connectivity index (χ1) is 14.5. The van der Waals surface area contributed by atoms with E-state index in [0.717, 1.165) is 11.1 Å². The lowest BCUT2D eigenvalue weighted by atomic mass is 10.2. The van der Waals surface area contributed by atoms with Gasteiger partial charge in [0.15, 0.2) is 11.5 Å². The van der Waals surface area contributed by atoms with Gasteiger partial charge in [-0.2, -0.15) is 5.10 Å². The Labute approximate surface area is 183 Å². The summed E-state index contributed by atoms with van der Waals surface area (Å²) in [6, 6.07) is 16.6. The second-order valence-corrected chi connectivity index (χ2v) is 6.94. The number of nitro groups is 1. The molecule has 154 valence electrons. The summed E-state index contributed by atoms with van der Waals surface area (Å²) in [4.78, 5) is 10.2. The number of rotatable bonds is 8. The number of hydrogen-bond acceptors (Lipinski definition) is 6. The Balaban J connectivity index is 1.67. The lowest BCUT2D eigenvalue weighted by Crippen LogP contribution is -1.99. The number of methoxy groups -OCH3 is 1. The molecule has 30 heavy (non-hydrogen) atoms. The van der Waals surface area contributed by atoms with Crippen molar-refractivity contribution in [1.29, 1.82) is 0 Å². The molecule has 7 nitrogen and oxygen atoms in total. The number of nitrogens with one attached hydrogen (secondary N) is 1. The van der Waals surface area contributed by atoms with Crippen molar-refractivity contribution in [3.05, 3.63) is 92.0 Å². The lowest BCUT2D eigenvalue weighted by molar-refractivity contribution is -0.384. The number of halogens is 2. The maximum Gasteiger partial charge on any atom is 0.269 e. The fourth-order valence-corrected chi connectivity index (χ4v) is 2.84. The van der Waals surface area contributed by atoms with Crippen molar-refractivity contribution in [2.45, 2.75) is 6.61 Å². The van der Waals surface area contributed by atoms with Crippen LogP contribution in [0, 0.1) is 10.1 Å². The third-order valence-corrected chi connectivity index (χ3v) is 4.79. The van der Waals surface area contributed by atoms with Crippen LogP contribution in [-0.2, 0) is 6.61 Å². The highest BCUT2D eigenvalue weighted by Crippen LogP contribution is 2.29. The molecule has 0 aromatic heterocycles. The zero-order valence-corrected chi connectivity index (χ0v) is 17.4. The molecule has 0 atom stereocenters. The molecule has 3 aromatic carbocycles. The molecule has 9 heteroatoms. The van der Waals surface area contributed by atoms with Crippen molar-refractivity contribution in [3.63, 3.8) is 0 Å². The Morgan fingerprint density at radius 2 is 1.80 bits per heavy atom. The summed E-state index contributed by atoms with van der Waals surface area (Å²) in [7, 11) is 1.56. The van der Waals surface area contributed by atoms with Crippen LogP contribution in [0.5, 0.6) is 11.5 Å². The van der Waals surface area contributed by atoms with Gasteiger partial charge in [0.2, 0.25) is 0 Å². The molecule has 0 bridgehead atoms. The van der Waals surface area contributed by atoms with Gasteiger partial charge in [-0.3, -0.25) is 15.5 Å². The first-order valence-corrected chi connectivity index (χ1v) is 9.50. The van der Waals surface area contributed by atoms with Crippen molar-refractivity contribution in [3.8, 4) is 11.5 Å². The molecule has 3 rings (SSSR count). The van der Waals surface area contributed by atoms with E-state index in [-0.39, 0.29) is 12.3 Å². The second kappa shape index (κ2) is 9.96. The van der Waals surface area contributed by atoms with Gasteiger partial charge in [0.05, 0.1) is 34.0 Å². The predicted molar refractivity (Wildman–Crippen MR) is 118 cm³/mol. The highest BCUT2D eigenvalue weighted by atomic mass is 35.5. The summed E-state index contributed by atoms with van der Waals surface area (Å²) < 4.78 is 11.2. The van der Waals surface area contributed by atoms with E-state index in [2.05, 4.69) is 10.5 Å². The molecular formula is C21H17Cl2N3O4. The van der Waals surface area contributed by atoms with E-state index in [4.69, 9.17) is 32.7 Å². The van der Waals surface area contributed by atoms with Gasteiger partial charge >= 0.3 is 0 Å². The number of ether oxygens (including phenoxy) is 2. The van der Waals surface area contributed by atoms with Gasteiger partial charge in [-0.05, 0) is 53.6 Å². The van der Waals surface area contributed by atoms with Crippen molar-refractivity contribution in [2.75, 3.05) is 12.5 Å². The minimum Gasteiger partial charge on any atom is -0.493 e. The zero-order chi connectivity index (χ0) is 21.5. The van der Waals surface area contributed by atoms with Crippen LogP contribution in [0.4, 0.5) is 11.4 Å². The van der Waals surface area contributed by atoms with Gasteiger partial charge in [0.1, 0.15) is 6.61 Å². The lowest BCUT2D eigenvalue weighted by Gasteiger charge is -2.12. The average Bonchev–Trinajstić information content (AvgIpc) is 2.75. The number of hydrogen-bond donors (Lipinski definition) is 1. The fourth-order valence-electron chi connectivity index (χ4n) is 2.52. The number of benzene rings is 3. The second-order valence-electron chi connectivity index (χ2n) is 6.12. The van der Waals surface area contributed by atoms with Crippen LogP contribution in [0.1, 0.15) is 11.1 Å². The fraction of sp³-hybridized carbons (Fsp3) is 0.0952. The van der Waals surface area contributed by atoms with E-state index in [1.165, 1.54) is 12.1 Å². The molecule has 1 N–H and O–H groups in total. The summed E-state index contributed by atoms with van der Waals surface area (Å²) in [6.45, 7) is 0.287. The van der Waals surface area contributed by atoms with Crippen LogP contribution in [0.15, 0.2) is 65.8 Å². The van der Waals surface area contributed by atoms with Gasteiger partial charge in [-0.25, -0.2) is 0 Å². The van der Waals surface area contributed by atoms with Crippen LogP contribution in [0.25, 0.3) is 0 Å². The molecule has 0 aliphatic rings. The third kappa shape index (κ3) is 5.62. The predicted octanol–water partition coefficient (Wildman–Crippen LogP) is 5.94. The normalized spacial score (nSPS) is 10.8. The smallest absolute Gasteiger partial charge is 0.269 e. The van der Waals surface area contributed by atoms with Gasteiger partial charge < -0.3 is 9.47 Å². The van der Waals surface area contributed by atoms with E-state index < -0.39 is 4.92 Å². The summed E-state index contributed by atoms with van der Waals surface area (Å²) in [5.74, 6) is 1.12. The molecule has 0 heterocycles. The van der Waals surface area contributed by atoms with Gasteiger partial charge in [0, 0.05) is 12.1 Å². The van der Waals surface area contributed by atoms with Crippen molar-refractivity contribution in [1.82, 2.24) is 0 Å². The summed E-state index contributed by atoms with van der Waals surface area (Å²) in [5.41, 5.74) is 5.11. The summed E-state index contributed by atoms with van der Waals surface area (Å²) in [5, 5.41) is 15.8. The number of nitro benzene ring substituents is 1. The average molecular weight is 446 g/mol. The zero-order valence-electron chi connectivity index (χ0n) is 15.8. The first kappa shape index (κ1) is 21.4. The molecule has 0 unspecified atom stereocenters. The van der Waals surface area contributed by atoms with Crippen LogP contribution in [-0.4, -0.2) is 18.2 Å². The summed E-state index contributed by atoms with van der Waals surface area (Å²) >= 11 is 12.0. The monoisotopic (exact) mass is 445 g/mol. The van der Waals surface area contributed by atoms with Gasteiger partial charge in [-0.15, -0.1) is 0 Å². The quantitative estimate of drug-likeness (QED) is 0.263. The Morgan fingerprint density at radius 3 is 2.47 bits per heavy atom. The largest absolute Gasteiger partial charge is 0.493 e. The summed E-state index contributed by atoms with van der Waals surface area (Å²) in [6.07, 6.45) is 1.60. The van der Waals surface area contributed by atoms with E-state index in [1.54, 1.807) is 49.7 Å². The Morgan fingerprint density at radius 1 is 1.03 bits per heavy atom. The molecule has 0 amide bonds. The van der Waals surface area contributed by atoms with Crippen LogP contribution in [0.3, 0.4) is 0 Å². The first-order valence-electron chi connectivity index (χ1n) is 8.74. The highest BCUT2D eigenvalue weighted by molar-refractivity contribution is 6.42. The van der Waals surface area contributed by atoms with E-state index in [0.29, 0.717) is 27.2 Å². The number of hydrazone groups is 1. The van der Waals surface area contributed by atoms with E-state index >= 15 is 0 Å². The molecule has 0 saturated carbocycles. The minimum absolute atomic E-state index is 0.0171. The number of non-ortho nitro benzene ring substituents is 1. The Bertz CT molecular complexity index is 1070.